The molecule has 1 aromatic rings. The van der Waals surface area contributed by atoms with Crippen LogP contribution in [-0.4, -0.2) is 41.7 Å². The summed E-state index contributed by atoms with van der Waals surface area (Å²) in [6.45, 7) is 1.79. The smallest absolute Gasteiger partial charge is 0.320 e. The zero-order chi connectivity index (χ0) is 13.0. The highest BCUT2D eigenvalue weighted by atomic mass is 19.1. The number of benzene rings is 1. The van der Waals surface area contributed by atoms with Crippen molar-refractivity contribution in [3.8, 4) is 5.75 Å². The largest absolute Gasteiger partial charge is 0.492 e. The molecule has 18 heavy (non-hydrogen) atoms. The summed E-state index contributed by atoms with van der Waals surface area (Å²) in [5.74, 6) is -0.468. The van der Waals surface area contributed by atoms with E-state index in [0.29, 0.717) is 25.3 Å². The van der Waals surface area contributed by atoms with Crippen LogP contribution in [-0.2, 0) is 4.79 Å². The molecule has 98 valence electrons. The average Bonchev–Trinajstić information content (AvgIpc) is 2.80. The molecule has 2 rings (SSSR count). The van der Waals surface area contributed by atoms with Crippen molar-refractivity contribution in [3.05, 3.63) is 30.1 Å². The summed E-state index contributed by atoms with van der Waals surface area (Å²) in [5, 5.41) is 9.01. The van der Waals surface area contributed by atoms with Crippen LogP contribution in [0.3, 0.4) is 0 Å². The Kier molecular flexibility index (Phi) is 4.15. The van der Waals surface area contributed by atoms with Gasteiger partial charge in [0, 0.05) is 6.54 Å². The Balaban J connectivity index is 1.78. The molecule has 0 amide bonds. The van der Waals surface area contributed by atoms with Crippen LogP contribution >= 0.6 is 0 Å². The molecule has 0 aromatic heterocycles. The molecular formula is C13H16FNO3. The first-order valence-electron chi connectivity index (χ1n) is 6.02. The number of aliphatic carboxylic acids is 1. The lowest BCUT2D eigenvalue weighted by Gasteiger charge is -2.20. The average molecular weight is 253 g/mol. The predicted molar refractivity (Wildman–Crippen MR) is 64.1 cm³/mol. The summed E-state index contributed by atoms with van der Waals surface area (Å²) >= 11 is 0. The second-order valence-electron chi connectivity index (χ2n) is 4.33. The van der Waals surface area contributed by atoms with Gasteiger partial charge in [0.1, 0.15) is 24.2 Å². The minimum absolute atomic E-state index is 0.298. The zero-order valence-corrected chi connectivity index (χ0v) is 10.0. The lowest BCUT2D eigenvalue weighted by molar-refractivity contribution is -0.142. The van der Waals surface area contributed by atoms with Crippen molar-refractivity contribution in [2.24, 2.45) is 0 Å². The number of hydrogen-bond acceptors (Lipinski definition) is 3. The molecule has 0 saturated carbocycles. The highest BCUT2D eigenvalue weighted by Gasteiger charge is 2.29. The molecule has 1 atom stereocenters. The van der Waals surface area contributed by atoms with Gasteiger partial charge in [-0.3, -0.25) is 9.69 Å². The SMILES string of the molecule is O=C(O)[C@H]1CCCN1CCOc1ccc(F)cc1. The maximum absolute atomic E-state index is 12.7. The fourth-order valence-electron chi connectivity index (χ4n) is 2.19. The molecule has 1 fully saturated rings. The van der Waals surface area contributed by atoms with Crippen LogP contribution in [0.1, 0.15) is 12.8 Å². The molecule has 0 aliphatic carbocycles. The Hall–Kier alpha value is -1.62. The van der Waals surface area contributed by atoms with E-state index in [4.69, 9.17) is 9.84 Å². The Morgan fingerprint density at radius 1 is 1.44 bits per heavy atom. The van der Waals surface area contributed by atoms with Gasteiger partial charge in [-0.15, -0.1) is 0 Å². The van der Waals surface area contributed by atoms with Crippen molar-refractivity contribution in [3.63, 3.8) is 0 Å². The molecule has 0 radical (unpaired) electrons. The van der Waals surface area contributed by atoms with E-state index in [1.807, 2.05) is 4.90 Å². The summed E-state index contributed by atoms with van der Waals surface area (Å²) in [7, 11) is 0. The van der Waals surface area contributed by atoms with Crippen LogP contribution in [0.5, 0.6) is 5.75 Å². The fourth-order valence-corrected chi connectivity index (χ4v) is 2.19. The molecule has 0 bridgehead atoms. The van der Waals surface area contributed by atoms with Crippen LogP contribution in [0.2, 0.25) is 0 Å². The highest BCUT2D eigenvalue weighted by molar-refractivity contribution is 5.73. The summed E-state index contributed by atoms with van der Waals surface area (Å²) in [5.41, 5.74) is 0. The summed E-state index contributed by atoms with van der Waals surface area (Å²) < 4.78 is 18.1. The van der Waals surface area contributed by atoms with Gasteiger partial charge in [0.2, 0.25) is 0 Å². The maximum atomic E-state index is 12.7. The standard InChI is InChI=1S/C13H16FNO3/c14-10-3-5-11(6-4-10)18-9-8-15-7-1-2-12(15)13(16)17/h3-6,12H,1-2,7-9H2,(H,16,17)/t12-/m1/s1. The Morgan fingerprint density at radius 3 is 2.83 bits per heavy atom. The monoisotopic (exact) mass is 253 g/mol. The third-order valence-electron chi connectivity index (χ3n) is 3.11. The van der Waals surface area contributed by atoms with Crippen molar-refractivity contribution in [1.82, 2.24) is 4.90 Å². The van der Waals surface area contributed by atoms with E-state index < -0.39 is 5.97 Å². The quantitative estimate of drug-likeness (QED) is 0.868. The molecular weight excluding hydrogens is 237 g/mol. The van der Waals surface area contributed by atoms with Crippen molar-refractivity contribution in [2.45, 2.75) is 18.9 Å². The fraction of sp³-hybridized carbons (Fsp3) is 0.462. The van der Waals surface area contributed by atoms with Crippen LogP contribution in [0, 0.1) is 5.82 Å². The van der Waals surface area contributed by atoms with E-state index in [-0.39, 0.29) is 11.9 Å². The minimum Gasteiger partial charge on any atom is -0.492 e. The second-order valence-corrected chi connectivity index (χ2v) is 4.33. The predicted octanol–water partition coefficient (Wildman–Crippen LogP) is 1.75. The number of rotatable bonds is 5. The van der Waals surface area contributed by atoms with E-state index in [2.05, 4.69) is 0 Å². The molecule has 0 spiro atoms. The maximum Gasteiger partial charge on any atom is 0.320 e. The van der Waals surface area contributed by atoms with Crippen LogP contribution in [0.15, 0.2) is 24.3 Å². The summed E-state index contributed by atoms with van der Waals surface area (Å²) in [4.78, 5) is 12.9. The number of nitrogens with zero attached hydrogens (tertiary/aromatic N) is 1. The summed E-state index contributed by atoms with van der Waals surface area (Å²) in [6, 6.07) is 5.42. The molecule has 1 saturated heterocycles. The summed E-state index contributed by atoms with van der Waals surface area (Å²) in [6.07, 6.45) is 1.61. The van der Waals surface area contributed by atoms with E-state index in [1.54, 1.807) is 12.1 Å². The first kappa shape index (κ1) is 12.8. The number of carboxylic acids is 1. The van der Waals surface area contributed by atoms with Crippen molar-refractivity contribution < 1.29 is 19.0 Å². The van der Waals surface area contributed by atoms with Gasteiger partial charge < -0.3 is 9.84 Å². The van der Waals surface area contributed by atoms with E-state index in [9.17, 15) is 9.18 Å². The first-order chi connectivity index (χ1) is 8.66. The molecule has 1 aliphatic rings. The zero-order valence-electron chi connectivity index (χ0n) is 10.0. The van der Waals surface area contributed by atoms with Gasteiger partial charge in [0.15, 0.2) is 0 Å². The molecule has 4 nitrogen and oxygen atoms in total. The molecule has 0 unspecified atom stereocenters. The molecule has 1 aromatic carbocycles. The van der Waals surface area contributed by atoms with Gasteiger partial charge in [0.05, 0.1) is 0 Å². The third kappa shape index (κ3) is 3.20. The Labute approximate surface area is 105 Å². The van der Waals surface area contributed by atoms with Crippen LogP contribution in [0.4, 0.5) is 4.39 Å². The van der Waals surface area contributed by atoms with Crippen molar-refractivity contribution in [1.29, 1.82) is 0 Å². The van der Waals surface area contributed by atoms with E-state index in [0.717, 1.165) is 13.0 Å². The molecule has 5 heteroatoms. The van der Waals surface area contributed by atoms with Crippen molar-refractivity contribution in [2.75, 3.05) is 19.7 Å². The highest BCUT2D eigenvalue weighted by Crippen LogP contribution is 2.17. The van der Waals surface area contributed by atoms with Gasteiger partial charge in [-0.25, -0.2) is 4.39 Å². The van der Waals surface area contributed by atoms with Gasteiger partial charge in [0.25, 0.3) is 0 Å². The van der Waals surface area contributed by atoms with E-state index in [1.165, 1.54) is 12.1 Å². The number of hydrogen-bond donors (Lipinski definition) is 1. The number of ether oxygens (including phenoxy) is 1. The van der Waals surface area contributed by atoms with Gasteiger partial charge in [-0.1, -0.05) is 0 Å². The second kappa shape index (κ2) is 5.82. The molecule has 1 aliphatic heterocycles. The lowest BCUT2D eigenvalue weighted by atomic mass is 10.2. The Bertz CT molecular complexity index is 407. The van der Waals surface area contributed by atoms with Gasteiger partial charge >= 0.3 is 5.97 Å². The van der Waals surface area contributed by atoms with Crippen LogP contribution < -0.4 is 4.74 Å². The topological polar surface area (TPSA) is 49.8 Å². The molecule has 1 N–H and O–H groups in total. The van der Waals surface area contributed by atoms with Gasteiger partial charge in [-0.2, -0.15) is 0 Å². The third-order valence-corrected chi connectivity index (χ3v) is 3.11. The number of carboxylic acid groups (broad SMARTS) is 1. The number of carbonyl (C=O) groups is 1. The Morgan fingerprint density at radius 2 is 2.17 bits per heavy atom. The normalized spacial score (nSPS) is 19.9. The molecule has 1 heterocycles. The lowest BCUT2D eigenvalue weighted by Crippen LogP contribution is -2.38. The van der Waals surface area contributed by atoms with Gasteiger partial charge in [-0.05, 0) is 43.7 Å². The minimum atomic E-state index is -0.769. The van der Waals surface area contributed by atoms with Crippen molar-refractivity contribution >= 4 is 5.97 Å². The van der Waals surface area contributed by atoms with Crippen LogP contribution in [0.25, 0.3) is 0 Å². The number of likely N-dealkylation sites (tertiary alicyclic amines) is 1. The van der Waals surface area contributed by atoms with E-state index >= 15 is 0 Å². The first-order valence-corrected chi connectivity index (χ1v) is 6.02. The number of halogens is 1.